The van der Waals surface area contributed by atoms with E-state index in [2.05, 4.69) is 20.6 Å². The third-order valence-electron chi connectivity index (χ3n) is 7.96. The molecule has 4 aliphatic rings. The second kappa shape index (κ2) is 8.92. The van der Waals surface area contributed by atoms with Gasteiger partial charge in [0.1, 0.15) is 5.82 Å². The first-order valence-corrected chi connectivity index (χ1v) is 11.9. The van der Waals surface area contributed by atoms with Crippen LogP contribution < -0.4 is 16.4 Å². The molecule has 10 heteroatoms. The van der Waals surface area contributed by atoms with Crippen molar-refractivity contribution in [1.29, 1.82) is 0 Å². The predicted octanol–water partition coefficient (Wildman–Crippen LogP) is 4.24. The van der Waals surface area contributed by atoms with Crippen LogP contribution >= 0.6 is 0 Å². The van der Waals surface area contributed by atoms with Gasteiger partial charge in [-0.05, 0) is 62.7 Å². The fraction of sp³-hybridized carbons (Fsp3) is 0.783. The highest BCUT2D eigenvalue weighted by Crippen LogP contribution is 2.79. The first kappa shape index (κ1) is 24.0. The Morgan fingerprint density at radius 1 is 1.24 bits per heavy atom. The Labute approximate surface area is 192 Å². The minimum atomic E-state index is -4.04. The largest absolute Gasteiger partial charge is 0.394 e. The lowest BCUT2D eigenvalue weighted by Crippen LogP contribution is -2.67. The van der Waals surface area contributed by atoms with E-state index < -0.39 is 23.6 Å². The third kappa shape index (κ3) is 4.90. The van der Waals surface area contributed by atoms with E-state index >= 15 is 0 Å². The number of aromatic nitrogens is 2. The van der Waals surface area contributed by atoms with Gasteiger partial charge in [-0.3, -0.25) is 4.79 Å². The molecule has 1 amide bonds. The van der Waals surface area contributed by atoms with Gasteiger partial charge < -0.3 is 21.5 Å². The van der Waals surface area contributed by atoms with Gasteiger partial charge in [0.05, 0.1) is 17.1 Å². The summed E-state index contributed by atoms with van der Waals surface area (Å²) < 4.78 is 38.8. The Kier molecular flexibility index (Phi) is 6.50. The highest BCUT2D eigenvalue weighted by Gasteiger charge is 2.77. The molecule has 5 rings (SSSR count). The molecule has 2 bridgehead atoms. The van der Waals surface area contributed by atoms with Crippen LogP contribution in [-0.2, 0) is 0 Å². The van der Waals surface area contributed by atoms with Crippen molar-refractivity contribution >= 4 is 17.7 Å². The molecule has 1 aromatic heterocycles. The number of alkyl halides is 3. The van der Waals surface area contributed by atoms with E-state index in [-0.39, 0.29) is 22.9 Å². The van der Waals surface area contributed by atoms with Crippen molar-refractivity contribution in [1.82, 2.24) is 9.97 Å². The molecule has 1 aromatic rings. The van der Waals surface area contributed by atoms with Crippen molar-refractivity contribution in [3.8, 4) is 0 Å². The maximum atomic E-state index is 12.9. The van der Waals surface area contributed by atoms with Crippen LogP contribution in [0.15, 0.2) is 6.20 Å². The molecule has 4 aliphatic carbocycles. The number of carbonyl (C=O) groups excluding carboxylic acids is 1. The molecule has 1 heterocycles. The first-order chi connectivity index (χ1) is 15.5. The number of hydrogen-bond acceptors (Lipinski definition) is 6. The predicted molar refractivity (Wildman–Crippen MR) is 119 cm³/mol. The summed E-state index contributed by atoms with van der Waals surface area (Å²) in [6, 6.07) is 0.00511. The Balaban J connectivity index is 1.20. The molecule has 5 N–H and O–H groups in total. The fourth-order valence-corrected chi connectivity index (χ4v) is 5.95. The van der Waals surface area contributed by atoms with Crippen LogP contribution in [0.1, 0.15) is 81.5 Å². The first-order valence-electron chi connectivity index (χ1n) is 11.9. The van der Waals surface area contributed by atoms with Gasteiger partial charge in [-0.15, -0.1) is 0 Å². The van der Waals surface area contributed by atoms with Crippen LogP contribution in [-0.4, -0.2) is 45.8 Å². The molecule has 0 saturated heterocycles. The van der Waals surface area contributed by atoms with Crippen molar-refractivity contribution in [3.05, 3.63) is 11.8 Å². The number of nitrogens with zero attached hydrogens (tertiary/aromatic N) is 2. The van der Waals surface area contributed by atoms with Crippen molar-refractivity contribution in [3.63, 3.8) is 0 Å². The van der Waals surface area contributed by atoms with E-state index in [1.165, 1.54) is 6.20 Å². The minimum Gasteiger partial charge on any atom is -0.393 e. The molecule has 184 valence electrons. The quantitative estimate of drug-likeness (QED) is 0.381. The summed E-state index contributed by atoms with van der Waals surface area (Å²) in [4.78, 5) is 20.4. The number of amides is 1. The third-order valence-corrected chi connectivity index (χ3v) is 7.96. The summed E-state index contributed by atoms with van der Waals surface area (Å²) in [5.74, 6) is 0.393. The van der Waals surface area contributed by atoms with E-state index in [1.807, 2.05) is 6.92 Å². The smallest absolute Gasteiger partial charge is 0.393 e. The number of nitrogens with two attached hydrogens (primary N) is 1. The van der Waals surface area contributed by atoms with Crippen LogP contribution in [0.2, 0.25) is 0 Å². The van der Waals surface area contributed by atoms with Gasteiger partial charge in [0.15, 0.2) is 0 Å². The lowest BCUT2D eigenvalue weighted by atomic mass is 9.34. The van der Waals surface area contributed by atoms with Gasteiger partial charge in [0.25, 0.3) is 5.91 Å². The Morgan fingerprint density at radius 3 is 2.61 bits per heavy atom. The van der Waals surface area contributed by atoms with E-state index in [1.54, 1.807) is 0 Å². The average Bonchev–Trinajstić information content (AvgIpc) is 2.66. The molecule has 0 radical (unpaired) electrons. The number of aliphatic hydroxyl groups is 1. The normalized spacial score (nSPS) is 33.1. The average molecular weight is 470 g/mol. The molecule has 3 atom stereocenters. The number of aliphatic hydroxyl groups excluding tert-OH is 1. The molecule has 4 saturated carbocycles. The number of halogens is 3. The van der Waals surface area contributed by atoms with E-state index in [0.717, 1.165) is 38.5 Å². The highest BCUT2D eigenvalue weighted by molar-refractivity contribution is 5.97. The molecular weight excluding hydrogens is 435 g/mol. The molecule has 4 fully saturated rings. The Bertz CT molecular complexity index is 858. The van der Waals surface area contributed by atoms with Gasteiger partial charge in [-0.1, -0.05) is 19.8 Å². The molecule has 0 spiro atoms. The summed E-state index contributed by atoms with van der Waals surface area (Å²) in [5, 5.41) is 16.5. The Morgan fingerprint density at radius 2 is 1.97 bits per heavy atom. The van der Waals surface area contributed by atoms with Crippen LogP contribution in [0.3, 0.4) is 0 Å². The summed E-state index contributed by atoms with van der Waals surface area (Å²) in [6.45, 7) is 2.66. The minimum absolute atomic E-state index is 0.00511. The zero-order valence-corrected chi connectivity index (χ0v) is 19.0. The number of unbranched alkanes of at least 4 members (excludes halogenated alkanes) is 2. The fourth-order valence-electron chi connectivity index (χ4n) is 5.95. The highest BCUT2D eigenvalue weighted by atomic mass is 19.4. The number of nitrogens with one attached hydrogen (secondary N) is 2. The van der Waals surface area contributed by atoms with Crippen LogP contribution in [0, 0.1) is 16.7 Å². The van der Waals surface area contributed by atoms with Crippen LogP contribution in [0.4, 0.5) is 24.9 Å². The van der Waals surface area contributed by atoms with Gasteiger partial charge in [0.2, 0.25) is 5.95 Å². The van der Waals surface area contributed by atoms with Crippen LogP contribution in [0.25, 0.3) is 0 Å². The zero-order valence-electron chi connectivity index (χ0n) is 19.0. The molecule has 0 aliphatic heterocycles. The van der Waals surface area contributed by atoms with Gasteiger partial charge in [-0.25, -0.2) is 4.98 Å². The zero-order chi connectivity index (χ0) is 23.9. The molecule has 0 unspecified atom stereocenters. The van der Waals surface area contributed by atoms with Crippen molar-refractivity contribution in [2.75, 3.05) is 17.2 Å². The van der Waals surface area contributed by atoms with E-state index in [4.69, 9.17) is 5.73 Å². The van der Waals surface area contributed by atoms with E-state index in [9.17, 15) is 23.1 Å². The summed E-state index contributed by atoms with van der Waals surface area (Å²) >= 11 is 0. The van der Waals surface area contributed by atoms with E-state index in [0.29, 0.717) is 44.0 Å². The lowest BCUT2D eigenvalue weighted by Gasteiger charge is -2.71. The van der Waals surface area contributed by atoms with Gasteiger partial charge >= 0.3 is 6.18 Å². The van der Waals surface area contributed by atoms with Crippen molar-refractivity contribution in [2.45, 2.75) is 89.5 Å². The summed E-state index contributed by atoms with van der Waals surface area (Å²) in [5.41, 5.74) is 4.27. The summed E-state index contributed by atoms with van der Waals surface area (Å²) in [6.07, 6.45) is 3.83. The Hall–Kier alpha value is -2.10. The topological polar surface area (TPSA) is 113 Å². The number of primary amides is 1. The summed E-state index contributed by atoms with van der Waals surface area (Å²) in [7, 11) is 0. The maximum absolute atomic E-state index is 12.9. The molecule has 0 aromatic carbocycles. The van der Waals surface area contributed by atoms with Crippen molar-refractivity contribution < 1.29 is 23.1 Å². The number of rotatable bonds is 10. The molecule has 7 nitrogen and oxygen atoms in total. The van der Waals surface area contributed by atoms with Crippen molar-refractivity contribution in [2.24, 2.45) is 22.5 Å². The standard InChI is InChI=1S/C23H34F3N5O2/c1-14-5-6-15(9-17(14)32)30-19-16(18(27)33)10-29-20(31-19)28-8-4-2-3-7-21-11-22(12-21,13-21)23(24,25)26/h10,14-15,17,32H,2-9,11-13H2,1H3,(H2,27,33)(H2,28,29,30,31)/t14-,15-,17-,21?,22?/m1/s1. The van der Waals surface area contributed by atoms with Gasteiger partial charge in [0, 0.05) is 18.8 Å². The maximum Gasteiger partial charge on any atom is 0.394 e. The molecule has 33 heavy (non-hydrogen) atoms. The SMILES string of the molecule is C[C@@H]1CC[C@@H](Nc2nc(NCCCCCC34CC(C(F)(F)F)(C3)C4)ncc2C(N)=O)C[C@H]1O. The monoisotopic (exact) mass is 469 g/mol. The number of carbonyl (C=O) groups is 1. The number of hydrogen-bond donors (Lipinski definition) is 4. The van der Waals surface area contributed by atoms with Gasteiger partial charge in [-0.2, -0.15) is 18.2 Å². The lowest BCUT2D eigenvalue weighted by molar-refractivity contribution is -0.364. The number of anilines is 2. The van der Waals surface area contributed by atoms with Crippen LogP contribution in [0.5, 0.6) is 0 Å². The second-order valence-corrected chi connectivity index (χ2v) is 10.6. The second-order valence-electron chi connectivity index (χ2n) is 10.6. The molecular formula is C23H34F3N5O2.